The molecular formula is C22H25N3O3S2. The van der Waals surface area contributed by atoms with Gasteiger partial charge in [0.25, 0.3) is 0 Å². The minimum atomic E-state index is 0.115. The van der Waals surface area contributed by atoms with Crippen LogP contribution in [0.1, 0.15) is 28.8 Å². The van der Waals surface area contributed by atoms with Gasteiger partial charge in [0.15, 0.2) is 0 Å². The van der Waals surface area contributed by atoms with Gasteiger partial charge in [-0.25, -0.2) is 9.97 Å². The average molecular weight is 444 g/mol. The molecule has 2 heterocycles. The number of thiophene rings is 1. The van der Waals surface area contributed by atoms with Gasteiger partial charge in [-0.1, -0.05) is 11.8 Å². The van der Waals surface area contributed by atoms with Gasteiger partial charge in [0.2, 0.25) is 5.91 Å². The number of benzene rings is 1. The normalized spacial score (nSPS) is 13.5. The Balaban J connectivity index is 1.52. The second-order valence-corrected chi connectivity index (χ2v) is 9.53. The third kappa shape index (κ3) is 4.25. The van der Waals surface area contributed by atoms with Crippen molar-refractivity contribution in [3.05, 3.63) is 40.5 Å². The molecule has 30 heavy (non-hydrogen) atoms. The van der Waals surface area contributed by atoms with Gasteiger partial charge in [0, 0.05) is 28.4 Å². The molecular weight excluding hydrogens is 418 g/mol. The van der Waals surface area contributed by atoms with Crippen LogP contribution < -0.4 is 9.47 Å². The summed E-state index contributed by atoms with van der Waals surface area (Å²) < 4.78 is 10.9. The van der Waals surface area contributed by atoms with Crippen LogP contribution in [0.25, 0.3) is 10.2 Å². The van der Waals surface area contributed by atoms with E-state index in [1.54, 1.807) is 31.9 Å². The van der Waals surface area contributed by atoms with Crippen LogP contribution in [0.5, 0.6) is 11.5 Å². The molecule has 1 fully saturated rings. The maximum absolute atomic E-state index is 13.2. The molecule has 0 saturated heterocycles. The molecule has 4 rings (SSSR count). The summed E-state index contributed by atoms with van der Waals surface area (Å²) in [5.41, 5.74) is 2.15. The maximum atomic E-state index is 13.2. The molecule has 0 radical (unpaired) electrons. The average Bonchev–Trinajstić information content (AvgIpc) is 3.55. The summed E-state index contributed by atoms with van der Waals surface area (Å²) in [5.74, 6) is 1.99. The highest BCUT2D eigenvalue weighted by Gasteiger charge is 2.33. The van der Waals surface area contributed by atoms with Gasteiger partial charge >= 0.3 is 0 Å². The number of aromatic nitrogens is 2. The Hall–Kier alpha value is -2.32. The van der Waals surface area contributed by atoms with Crippen LogP contribution in [0.3, 0.4) is 0 Å². The van der Waals surface area contributed by atoms with Crippen molar-refractivity contribution in [3.8, 4) is 11.5 Å². The van der Waals surface area contributed by atoms with E-state index >= 15 is 0 Å². The van der Waals surface area contributed by atoms with Crippen LogP contribution in [-0.4, -0.2) is 46.8 Å². The van der Waals surface area contributed by atoms with E-state index in [2.05, 4.69) is 23.8 Å². The number of rotatable bonds is 8. The Bertz CT molecular complexity index is 1080. The van der Waals surface area contributed by atoms with E-state index in [0.717, 1.165) is 45.1 Å². The van der Waals surface area contributed by atoms with Gasteiger partial charge in [0.05, 0.1) is 20.0 Å². The largest absolute Gasteiger partial charge is 0.497 e. The molecule has 1 aliphatic carbocycles. The van der Waals surface area contributed by atoms with E-state index in [9.17, 15) is 4.79 Å². The molecule has 2 aromatic heterocycles. The fourth-order valence-electron chi connectivity index (χ4n) is 3.47. The lowest BCUT2D eigenvalue weighted by Gasteiger charge is -2.24. The molecule has 0 N–H and O–H groups in total. The van der Waals surface area contributed by atoms with Crippen LogP contribution in [-0.2, 0) is 11.3 Å². The van der Waals surface area contributed by atoms with Gasteiger partial charge in [-0.15, -0.1) is 11.3 Å². The van der Waals surface area contributed by atoms with Crippen molar-refractivity contribution in [3.63, 3.8) is 0 Å². The molecule has 1 saturated carbocycles. The molecule has 0 atom stereocenters. The first-order valence-corrected chi connectivity index (χ1v) is 11.7. The zero-order chi connectivity index (χ0) is 21.3. The standard InChI is InChI=1S/C22H25N3O3S2/c1-13-14(2)30-22-20(13)21(23-12-24-22)29-11-19(26)25(16-5-6-16)10-15-9-17(27-3)7-8-18(15)28-4/h7-9,12,16H,5-6,10-11H2,1-4H3. The highest BCUT2D eigenvalue weighted by atomic mass is 32.2. The lowest BCUT2D eigenvalue weighted by molar-refractivity contribution is -0.129. The Morgan fingerprint density at radius 3 is 2.73 bits per heavy atom. The summed E-state index contributed by atoms with van der Waals surface area (Å²) in [5, 5.41) is 1.95. The lowest BCUT2D eigenvalue weighted by Crippen LogP contribution is -2.34. The van der Waals surface area contributed by atoms with E-state index in [-0.39, 0.29) is 5.91 Å². The smallest absolute Gasteiger partial charge is 0.233 e. The van der Waals surface area contributed by atoms with E-state index in [4.69, 9.17) is 9.47 Å². The van der Waals surface area contributed by atoms with Crippen molar-refractivity contribution < 1.29 is 14.3 Å². The molecule has 0 unspecified atom stereocenters. The highest BCUT2D eigenvalue weighted by molar-refractivity contribution is 8.00. The zero-order valence-corrected chi connectivity index (χ0v) is 19.2. The molecule has 6 nitrogen and oxygen atoms in total. The number of nitrogens with zero attached hydrogens (tertiary/aromatic N) is 3. The predicted octanol–water partition coefficient (Wildman–Crippen LogP) is 4.61. The van der Waals surface area contributed by atoms with E-state index < -0.39 is 0 Å². The molecule has 1 aliphatic rings. The Labute approximate surface area is 184 Å². The number of aryl methyl sites for hydroxylation is 2. The SMILES string of the molecule is COc1ccc(OC)c(CN(C(=O)CSc2ncnc3sc(C)c(C)c23)C2CC2)c1. The summed E-state index contributed by atoms with van der Waals surface area (Å²) in [6.07, 6.45) is 3.68. The summed E-state index contributed by atoms with van der Waals surface area (Å²) in [4.78, 5) is 26.2. The molecule has 8 heteroatoms. The Kier molecular flexibility index (Phi) is 6.15. The fourth-order valence-corrected chi connectivity index (χ4v) is 5.47. The first kappa shape index (κ1) is 20.9. The van der Waals surface area contributed by atoms with Crippen LogP contribution in [0, 0.1) is 13.8 Å². The summed E-state index contributed by atoms with van der Waals surface area (Å²) in [7, 11) is 3.29. The lowest BCUT2D eigenvalue weighted by atomic mass is 10.1. The Morgan fingerprint density at radius 1 is 1.23 bits per heavy atom. The first-order valence-electron chi connectivity index (χ1n) is 9.85. The molecule has 0 aliphatic heterocycles. The number of hydrogen-bond donors (Lipinski definition) is 0. The molecule has 1 amide bonds. The van der Waals surface area contributed by atoms with Crippen molar-refractivity contribution in [2.24, 2.45) is 0 Å². The minimum Gasteiger partial charge on any atom is -0.497 e. The van der Waals surface area contributed by atoms with Gasteiger partial charge in [-0.05, 0) is 50.5 Å². The van der Waals surface area contributed by atoms with Gasteiger partial charge in [-0.2, -0.15) is 0 Å². The number of hydrogen-bond acceptors (Lipinski definition) is 7. The van der Waals surface area contributed by atoms with Crippen LogP contribution >= 0.6 is 23.1 Å². The van der Waals surface area contributed by atoms with Crippen LogP contribution in [0.15, 0.2) is 29.6 Å². The van der Waals surface area contributed by atoms with Crippen LogP contribution in [0.2, 0.25) is 0 Å². The third-order valence-electron chi connectivity index (χ3n) is 5.40. The molecule has 0 bridgehead atoms. The van der Waals surface area contributed by atoms with Crippen molar-refractivity contribution in [1.29, 1.82) is 0 Å². The number of fused-ring (bicyclic) bond motifs is 1. The third-order valence-corrected chi connectivity index (χ3v) is 7.49. The summed E-state index contributed by atoms with van der Waals surface area (Å²) in [6.45, 7) is 4.70. The molecule has 3 aromatic rings. The molecule has 158 valence electrons. The second-order valence-electron chi connectivity index (χ2n) is 7.36. The number of carbonyl (C=O) groups excluding carboxylic acids is 1. The van der Waals surface area contributed by atoms with E-state index in [1.165, 1.54) is 22.2 Å². The number of carbonyl (C=O) groups is 1. The first-order chi connectivity index (χ1) is 14.5. The molecule has 1 aromatic carbocycles. The van der Waals surface area contributed by atoms with Crippen molar-refractivity contribution in [2.75, 3.05) is 20.0 Å². The zero-order valence-electron chi connectivity index (χ0n) is 17.6. The quantitative estimate of drug-likeness (QED) is 0.374. The van der Waals surface area contributed by atoms with E-state index in [1.807, 2.05) is 23.1 Å². The monoisotopic (exact) mass is 443 g/mol. The van der Waals surface area contributed by atoms with Gasteiger partial charge < -0.3 is 14.4 Å². The van der Waals surface area contributed by atoms with Crippen molar-refractivity contribution in [2.45, 2.75) is 44.3 Å². The van der Waals surface area contributed by atoms with Crippen molar-refractivity contribution >= 4 is 39.2 Å². The molecule has 0 spiro atoms. The maximum Gasteiger partial charge on any atom is 0.233 e. The number of ether oxygens (including phenoxy) is 2. The summed E-state index contributed by atoms with van der Waals surface area (Å²) in [6, 6.07) is 6.00. The Morgan fingerprint density at radius 2 is 2.03 bits per heavy atom. The number of thioether (sulfide) groups is 1. The van der Waals surface area contributed by atoms with Gasteiger partial charge in [0.1, 0.15) is 27.7 Å². The van der Waals surface area contributed by atoms with Crippen LogP contribution in [0.4, 0.5) is 0 Å². The predicted molar refractivity (Wildman–Crippen MR) is 121 cm³/mol. The number of methoxy groups -OCH3 is 2. The second kappa shape index (κ2) is 8.81. The minimum absolute atomic E-state index is 0.115. The van der Waals surface area contributed by atoms with Gasteiger partial charge in [-0.3, -0.25) is 4.79 Å². The fraction of sp³-hybridized carbons (Fsp3) is 0.409. The summed E-state index contributed by atoms with van der Waals surface area (Å²) >= 11 is 3.17. The number of amides is 1. The van der Waals surface area contributed by atoms with Crippen molar-refractivity contribution in [1.82, 2.24) is 14.9 Å². The topological polar surface area (TPSA) is 64.6 Å². The van der Waals surface area contributed by atoms with E-state index in [0.29, 0.717) is 18.3 Å². The highest BCUT2D eigenvalue weighted by Crippen LogP contribution is 2.36.